The number of rotatable bonds is 4. The molecule has 1 saturated heterocycles. The van der Waals surface area contributed by atoms with Crippen LogP contribution in [0.4, 0.5) is 5.82 Å². The minimum Gasteiger partial charge on any atom is -0.333 e. The zero-order chi connectivity index (χ0) is 16.1. The van der Waals surface area contributed by atoms with E-state index in [0.717, 1.165) is 57.7 Å². The third-order valence-corrected chi connectivity index (χ3v) is 4.96. The molecule has 1 saturated carbocycles. The number of hydrogen-bond donors (Lipinski definition) is 2. The van der Waals surface area contributed by atoms with Crippen molar-refractivity contribution in [1.82, 2.24) is 5.32 Å². The van der Waals surface area contributed by atoms with Gasteiger partial charge >= 0.3 is 0 Å². The van der Waals surface area contributed by atoms with Crippen molar-refractivity contribution < 1.29 is 14.7 Å². The van der Waals surface area contributed by atoms with Gasteiger partial charge in [-0.05, 0) is 31.7 Å². The molecule has 0 aromatic carbocycles. The molecule has 1 aromatic heterocycles. The fraction of sp³-hybridized carbons (Fsp3) is 0.588. The zero-order valence-electron chi connectivity index (χ0n) is 13.5. The molecule has 1 aliphatic carbocycles. The van der Waals surface area contributed by atoms with Crippen molar-refractivity contribution in [3.63, 3.8) is 0 Å². The van der Waals surface area contributed by atoms with Crippen molar-refractivity contribution in [3.8, 4) is 6.07 Å². The van der Waals surface area contributed by atoms with Gasteiger partial charge in [-0.1, -0.05) is 6.07 Å². The van der Waals surface area contributed by atoms with Gasteiger partial charge in [-0.15, -0.1) is 0 Å². The number of quaternary nitrogens is 1. The lowest BCUT2D eigenvalue weighted by Gasteiger charge is -2.29. The highest BCUT2D eigenvalue weighted by Crippen LogP contribution is 2.28. The van der Waals surface area contributed by atoms with Crippen LogP contribution >= 0.6 is 0 Å². The summed E-state index contributed by atoms with van der Waals surface area (Å²) >= 11 is 0. The van der Waals surface area contributed by atoms with Crippen LogP contribution in [-0.2, 0) is 4.79 Å². The van der Waals surface area contributed by atoms with E-state index < -0.39 is 5.54 Å². The normalized spacial score (nSPS) is 20.9. The van der Waals surface area contributed by atoms with Crippen LogP contribution in [-0.4, -0.2) is 44.2 Å². The number of piperazine rings is 1. The van der Waals surface area contributed by atoms with Crippen LogP contribution < -0.4 is 20.1 Å². The molecule has 0 radical (unpaired) electrons. The Bertz CT molecular complexity index is 568. The number of H-pyrrole nitrogens is 1. The van der Waals surface area contributed by atoms with Gasteiger partial charge in [0.2, 0.25) is 0 Å². The second kappa shape index (κ2) is 6.97. The Morgan fingerprint density at radius 1 is 1.35 bits per heavy atom. The van der Waals surface area contributed by atoms with Gasteiger partial charge in [0.15, 0.2) is 6.54 Å². The highest BCUT2D eigenvalue weighted by Gasteiger charge is 2.36. The van der Waals surface area contributed by atoms with E-state index in [0.29, 0.717) is 6.54 Å². The van der Waals surface area contributed by atoms with Crippen LogP contribution in [0.2, 0.25) is 0 Å². The van der Waals surface area contributed by atoms with Gasteiger partial charge in [0.1, 0.15) is 31.7 Å². The van der Waals surface area contributed by atoms with Gasteiger partial charge in [0, 0.05) is 6.07 Å². The quantitative estimate of drug-likeness (QED) is 0.761. The number of carbonyl (C=O) groups is 1. The summed E-state index contributed by atoms with van der Waals surface area (Å²) in [5, 5.41) is 12.3. The third kappa shape index (κ3) is 3.80. The molecular weight excluding hydrogens is 290 g/mol. The molecule has 1 aliphatic heterocycles. The molecule has 2 aliphatic rings. The molecule has 2 fully saturated rings. The number of aromatic nitrogens is 1. The standard InChI is InChI=1S/C17H23N5O/c18-14-17(6-2-3-7-17)20-16(23)13-21-9-11-22(12-10-21)15-5-1-4-8-19-15/h1,4-5,8H,2-3,6-7,9-13H2,(H,20,23)/p+2. The first kappa shape index (κ1) is 15.8. The van der Waals surface area contributed by atoms with E-state index in [9.17, 15) is 10.1 Å². The highest BCUT2D eigenvalue weighted by molar-refractivity contribution is 5.78. The zero-order valence-corrected chi connectivity index (χ0v) is 13.5. The Balaban J connectivity index is 1.47. The molecular formula is C17H25N5O+2. The number of carbonyl (C=O) groups excluding carboxylic acids is 1. The number of nitriles is 1. The number of amides is 1. The molecule has 3 N–H and O–H groups in total. The predicted octanol–water partition coefficient (Wildman–Crippen LogP) is -0.842. The smallest absolute Gasteiger partial charge is 0.276 e. The molecule has 0 atom stereocenters. The van der Waals surface area contributed by atoms with E-state index in [-0.39, 0.29) is 5.91 Å². The first-order chi connectivity index (χ1) is 11.2. The first-order valence-electron chi connectivity index (χ1n) is 8.48. The Morgan fingerprint density at radius 2 is 2.09 bits per heavy atom. The molecule has 1 aromatic rings. The lowest BCUT2D eigenvalue weighted by molar-refractivity contribution is -0.892. The number of nitrogens with zero attached hydrogens (tertiary/aromatic N) is 2. The van der Waals surface area contributed by atoms with E-state index in [2.05, 4.69) is 27.3 Å². The summed E-state index contributed by atoms with van der Waals surface area (Å²) in [6.45, 7) is 4.22. The summed E-state index contributed by atoms with van der Waals surface area (Å²) in [7, 11) is 0. The fourth-order valence-electron chi connectivity index (χ4n) is 3.60. The van der Waals surface area contributed by atoms with Crippen LogP contribution in [0.25, 0.3) is 0 Å². The monoisotopic (exact) mass is 315 g/mol. The third-order valence-electron chi connectivity index (χ3n) is 4.96. The summed E-state index contributed by atoms with van der Waals surface area (Å²) in [6, 6.07) is 8.40. The van der Waals surface area contributed by atoms with Crippen molar-refractivity contribution in [3.05, 3.63) is 24.4 Å². The van der Waals surface area contributed by atoms with E-state index >= 15 is 0 Å². The summed E-state index contributed by atoms with van der Waals surface area (Å²) in [6.07, 6.45) is 5.59. The Labute approximate surface area is 137 Å². The molecule has 6 heteroatoms. The summed E-state index contributed by atoms with van der Waals surface area (Å²) in [4.78, 5) is 19.1. The van der Waals surface area contributed by atoms with Gasteiger partial charge in [-0.25, -0.2) is 4.98 Å². The van der Waals surface area contributed by atoms with Gasteiger partial charge < -0.3 is 10.2 Å². The molecule has 6 nitrogen and oxygen atoms in total. The van der Waals surface area contributed by atoms with E-state index in [1.54, 1.807) is 0 Å². The number of anilines is 1. The Morgan fingerprint density at radius 3 is 2.70 bits per heavy atom. The average Bonchev–Trinajstić information content (AvgIpc) is 3.05. The van der Waals surface area contributed by atoms with Crippen molar-refractivity contribution in [2.75, 3.05) is 37.6 Å². The van der Waals surface area contributed by atoms with Gasteiger partial charge in [0.05, 0.1) is 12.3 Å². The van der Waals surface area contributed by atoms with E-state index in [1.165, 1.54) is 4.90 Å². The first-order valence-corrected chi connectivity index (χ1v) is 8.48. The predicted molar refractivity (Wildman–Crippen MR) is 85.7 cm³/mol. The molecule has 3 rings (SSSR count). The molecule has 2 heterocycles. The van der Waals surface area contributed by atoms with E-state index in [4.69, 9.17) is 0 Å². The molecule has 0 unspecified atom stereocenters. The average molecular weight is 315 g/mol. The molecule has 0 bridgehead atoms. The topological polar surface area (TPSA) is 74.7 Å². The van der Waals surface area contributed by atoms with Crippen molar-refractivity contribution in [2.45, 2.75) is 31.2 Å². The maximum Gasteiger partial charge on any atom is 0.276 e. The van der Waals surface area contributed by atoms with Crippen LogP contribution in [0.3, 0.4) is 0 Å². The maximum atomic E-state index is 12.3. The molecule has 0 spiro atoms. The largest absolute Gasteiger partial charge is 0.333 e. The highest BCUT2D eigenvalue weighted by atomic mass is 16.2. The molecule has 1 amide bonds. The fourth-order valence-corrected chi connectivity index (χ4v) is 3.60. The minimum absolute atomic E-state index is 0.0168. The molecule has 23 heavy (non-hydrogen) atoms. The van der Waals surface area contributed by atoms with Gasteiger partial charge in [-0.3, -0.25) is 9.69 Å². The number of hydrogen-bond acceptors (Lipinski definition) is 3. The summed E-state index contributed by atoms with van der Waals surface area (Å²) in [5.74, 6) is 1.15. The van der Waals surface area contributed by atoms with E-state index in [1.807, 2.05) is 18.3 Å². The lowest BCUT2D eigenvalue weighted by Crippen LogP contribution is -3.16. The minimum atomic E-state index is -0.600. The van der Waals surface area contributed by atoms with Crippen molar-refractivity contribution in [2.24, 2.45) is 0 Å². The van der Waals surface area contributed by atoms with Gasteiger partial charge in [-0.2, -0.15) is 5.26 Å². The Kier molecular flexibility index (Phi) is 4.77. The SMILES string of the molecule is N#CC1(NC(=O)C[NH+]2CCN(c3cccc[nH+]3)CC2)CCCC1. The maximum absolute atomic E-state index is 12.3. The number of aromatic amines is 1. The van der Waals surface area contributed by atoms with Crippen LogP contribution in [0.15, 0.2) is 24.4 Å². The van der Waals surface area contributed by atoms with Crippen LogP contribution in [0.1, 0.15) is 25.7 Å². The Hall–Kier alpha value is -2.13. The number of pyridine rings is 1. The van der Waals surface area contributed by atoms with Crippen LogP contribution in [0, 0.1) is 11.3 Å². The van der Waals surface area contributed by atoms with Crippen molar-refractivity contribution >= 4 is 11.7 Å². The van der Waals surface area contributed by atoms with Gasteiger partial charge in [0.25, 0.3) is 11.7 Å². The van der Waals surface area contributed by atoms with Crippen LogP contribution in [0.5, 0.6) is 0 Å². The summed E-state index contributed by atoms with van der Waals surface area (Å²) < 4.78 is 0. The second-order valence-corrected chi connectivity index (χ2v) is 6.61. The summed E-state index contributed by atoms with van der Waals surface area (Å²) in [5.41, 5.74) is -0.600. The lowest BCUT2D eigenvalue weighted by atomic mass is 10.00. The molecule has 122 valence electrons. The second-order valence-electron chi connectivity index (χ2n) is 6.61. The number of nitrogens with one attached hydrogen (secondary N) is 3. The van der Waals surface area contributed by atoms with Crippen molar-refractivity contribution in [1.29, 1.82) is 5.26 Å².